The molecule has 2 saturated heterocycles. The van der Waals surface area contributed by atoms with Crippen LogP contribution in [0.4, 0.5) is 23.8 Å². The number of hydrogen-bond acceptors (Lipinski definition) is 15. The van der Waals surface area contributed by atoms with Crippen molar-refractivity contribution in [2.45, 2.75) is 117 Å². The maximum Gasteiger partial charge on any atom is 0.229 e. The van der Waals surface area contributed by atoms with E-state index in [2.05, 4.69) is 71.3 Å². The molecule has 2 aliphatic rings. The van der Waals surface area contributed by atoms with Gasteiger partial charge >= 0.3 is 0 Å². The van der Waals surface area contributed by atoms with Crippen LogP contribution in [0.25, 0.3) is 11.3 Å². The molecule has 0 bridgehead atoms. The number of ketones is 2. The standard InChI is InChI=1S/C24H32N6O2.C23H31N7O2/c1-4-20(31)13-17-6-5-7-18(12-17)14-25-24-29-23(27-19-8-10-32-11-9-19)28-22-21(16(2)3)15-26-30(22)24;1-15(2)20-14-26-30-21(20)28-22(27-18-6-8-32-9-7-18)29-23(30)25-13-17-5-3-4-16(10-17)11-19(31)12-24/h5-7,12,15-16,19H,4,8-11,13-14H2,1-3H3,(H2,25,27,28,29);3-5,10,14-15,18H,6-9,11-13,24H2,1-2H3,(H2,25,27,28,29). The van der Waals surface area contributed by atoms with Crippen LogP contribution in [0.1, 0.15) is 112 Å². The Morgan fingerprint density at radius 2 is 1.08 bits per heavy atom. The van der Waals surface area contributed by atoms with Gasteiger partial charge in [0, 0.05) is 82.0 Å². The van der Waals surface area contributed by atoms with E-state index in [9.17, 15) is 9.59 Å². The lowest BCUT2D eigenvalue weighted by Crippen LogP contribution is -2.29. The highest BCUT2D eigenvalue weighted by Gasteiger charge is 2.21. The number of carbonyl (C=O) groups is 2. The fraction of sp³-hybridized carbons (Fsp3) is 0.489. The topological polar surface area (TPSA) is 213 Å². The summed E-state index contributed by atoms with van der Waals surface area (Å²) in [5.41, 5.74) is 13.4. The fourth-order valence-corrected chi connectivity index (χ4v) is 7.72. The predicted molar refractivity (Wildman–Crippen MR) is 249 cm³/mol. The van der Waals surface area contributed by atoms with E-state index >= 15 is 0 Å². The molecule has 2 aromatic carbocycles. The van der Waals surface area contributed by atoms with Crippen molar-refractivity contribution in [2.24, 2.45) is 5.73 Å². The molecule has 0 saturated carbocycles. The Bertz CT molecular complexity index is 2320. The van der Waals surface area contributed by atoms with E-state index in [1.165, 1.54) is 0 Å². The van der Waals surface area contributed by atoms with E-state index < -0.39 is 0 Å². The highest BCUT2D eigenvalue weighted by molar-refractivity contribution is 5.82. The zero-order valence-electron chi connectivity index (χ0n) is 37.8. The minimum atomic E-state index is 0.0224. The lowest BCUT2D eigenvalue weighted by atomic mass is 10.0. The van der Waals surface area contributed by atoms with Crippen molar-refractivity contribution in [1.29, 1.82) is 0 Å². The van der Waals surface area contributed by atoms with Gasteiger partial charge in [0.2, 0.25) is 23.8 Å². The number of Topliss-reactive ketones (excluding diaryl/α,β-unsaturated/α-hetero) is 2. The lowest BCUT2D eigenvalue weighted by molar-refractivity contribution is -0.118. The number of rotatable bonds is 18. The van der Waals surface area contributed by atoms with Crippen LogP contribution in [0.3, 0.4) is 0 Å². The molecule has 17 nitrogen and oxygen atoms in total. The van der Waals surface area contributed by atoms with Gasteiger partial charge in [-0.25, -0.2) is 0 Å². The highest BCUT2D eigenvalue weighted by Crippen LogP contribution is 2.25. The SMILES string of the molecule is CC(C)c1cnn2c(NCc3cccc(CC(=O)CN)c3)nc(NC3CCOCC3)nc12.CCC(=O)Cc1cccc(CNc2nc(NC3CCOCC3)nc3c(C(C)C)cnn23)c1. The number of hydrogen-bond donors (Lipinski definition) is 5. The second kappa shape index (κ2) is 22.0. The van der Waals surface area contributed by atoms with Gasteiger partial charge in [0.25, 0.3) is 0 Å². The first-order valence-corrected chi connectivity index (χ1v) is 22.6. The van der Waals surface area contributed by atoms with Crippen LogP contribution in [-0.2, 0) is 45.0 Å². The van der Waals surface area contributed by atoms with Gasteiger partial charge in [-0.05, 0) is 59.8 Å². The lowest BCUT2D eigenvalue weighted by Gasteiger charge is -2.23. The smallest absolute Gasteiger partial charge is 0.229 e. The Morgan fingerprint density at radius 1 is 0.656 bits per heavy atom. The van der Waals surface area contributed by atoms with Crippen LogP contribution in [0.15, 0.2) is 60.9 Å². The number of anilines is 4. The number of benzene rings is 2. The zero-order chi connectivity index (χ0) is 45.0. The van der Waals surface area contributed by atoms with Gasteiger partial charge in [0.15, 0.2) is 17.1 Å². The van der Waals surface area contributed by atoms with Gasteiger partial charge in [0.1, 0.15) is 5.78 Å². The third-order valence-corrected chi connectivity index (χ3v) is 11.5. The zero-order valence-corrected chi connectivity index (χ0v) is 37.8. The molecule has 6 heterocycles. The summed E-state index contributed by atoms with van der Waals surface area (Å²) in [7, 11) is 0. The van der Waals surface area contributed by atoms with Crippen molar-refractivity contribution in [3.05, 3.63) is 94.3 Å². The Kier molecular flexibility index (Phi) is 15.8. The minimum absolute atomic E-state index is 0.0224. The fourth-order valence-electron chi connectivity index (χ4n) is 7.72. The summed E-state index contributed by atoms with van der Waals surface area (Å²) in [4.78, 5) is 42.5. The first kappa shape index (κ1) is 46.0. The Morgan fingerprint density at radius 3 is 1.48 bits per heavy atom. The van der Waals surface area contributed by atoms with Crippen LogP contribution in [0, 0.1) is 0 Å². The molecule has 0 amide bonds. The van der Waals surface area contributed by atoms with Crippen molar-refractivity contribution >= 4 is 46.7 Å². The molecule has 0 spiro atoms. The molecule has 0 atom stereocenters. The van der Waals surface area contributed by atoms with Gasteiger partial charge in [-0.3, -0.25) is 9.59 Å². The maximum absolute atomic E-state index is 11.8. The molecular formula is C47H63N13O4. The number of nitrogens with one attached hydrogen (secondary N) is 4. The van der Waals surface area contributed by atoms with E-state index in [1.807, 2.05) is 55.7 Å². The number of carbonyl (C=O) groups excluding carboxylic acids is 2. The van der Waals surface area contributed by atoms with Crippen molar-refractivity contribution in [2.75, 3.05) is 54.2 Å². The molecule has 0 aliphatic carbocycles. The summed E-state index contributed by atoms with van der Waals surface area (Å²) < 4.78 is 14.5. The first-order chi connectivity index (χ1) is 31.1. The molecule has 17 heteroatoms. The molecule has 4 aromatic heterocycles. The molecule has 0 unspecified atom stereocenters. The summed E-state index contributed by atoms with van der Waals surface area (Å²) in [6, 6.07) is 16.6. The average Bonchev–Trinajstić information content (AvgIpc) is 3.94. The van der Waals surface area contributed by atoms with Crippen molar-refractivity contribution in [3.63, 3.8) is 0 Å². The molecule has 2 aliphatic heterocycles. The normalized spacial score (nSPS) is 14.8. The summed E-state index contributed by atoms with van der Waals surface area (Å²) in [5.74, 6) is 3.34. The molecule has 64 heavy (non-hydrogen) atoms. The Hall–Kier alpha value is -6.04. The van der Waals surface area contributed by atoms with Gasteiger partial charge in [-0.2, -0.15) is 39.2 Å². The summed E-state index contributed by atoms with van der Waals surface area (Å²) in [5, 5.41) is 22.9. The van der Waals surface area contributed by atoms with Crippen LogP contribution < -0.4 is 27.0 Å². The number of nitrogens with two attached hydrogens (primary N) is 1. The van der Waals surface area contributed by atoms with Crippen molar-refractivity contribution < 1.29 is 19.1 Å². The summed E-state index contributed by atoms with van der Waals surface area (Å²) in [6.45, 7) is 14.6. The second-order valence-electron chi connectivity index (χ2n) is 17.1. The summed E-state index contributed by atoms with van der Waals surface area (Å²) in [6.07, 6.45) is 8.85. The predicted octanol–water partition coefficient (Wildman–Crippen LogP) is 6.49. The molecule has 6 aromatic rings. The van der Waals surface area contributed by atoms with Gasteiger partial charge < -0.3 is 36.5 Å². The van der Waals surface area contributed by atoms with E-state index in [1.54, 1.807) is 9.03 Å². The Labute approximate surface area is 374 Å². The number of ether oxygens (including phenoxy) is 2. The average molecular weight is 874 g/mol. The van der Waals surface area contributed by atoms with E-state index in [-0.39, 0.29) is 18.1 Å². The molecular weight excluding hydrogens is 811 g/mol. The van der Waals surface area contributed by atoms with Crippen LogP contribution >= 0.6 is 0 Å². The van der Waals surface area contributed by atoms with Crippen molar-refractivity contribution in [3.8, 4) is 0 Å². The van der Waals surface area contributed by atoms with Gasteiger partial charge in [-0.1, -0.05) is 83.1 Å². The molecule has 2 fully saturated rings. The summed E-state index contributed by atoms with van der Waals surface area (Å²) >= 11 is 0. The quantitative estimate of drug-likeness (QED) is 0.0624. The van der Waals surface area contributed by atoms with Crippen molar-refractivity contribution in [1.82, 2.24) is 39.2 Å². The third kappa shape index (κ3) is 12.1. The van der Waals surface area contributed by atoms with Crippen LogP contribution in [0.2, 0.25) is 0 Å². The molecule has 6 N–H and O–H groups in total. The molecule has 8 rings (SSSR count). The van der Waals surface area contributed by atoms with Crippen LogP contribution in [-0.4, -0.2) is 95.8 Å². The number of aromatic nitrogens is 8. The Balaban J connectivity index is 0.000000191. The second-order valence-corrected chi connectivity index (χ2v) is 17.1. The number of fused-ring (bicyclic) bond motifs is 2. The van der Waals surface area contributed by atoms with Gasteiger partial charge in [0.05, 0.1) is 18.9 Å². The maximum atomic E-state index is 11.8. The molecule has 340 valence electrons. The van der Waals surface area contributed by atoms with E-state index in [0.29, 0.717) is 80.1 Å². The number of nitrogens with zero attached hydrogens (tertiary/aromatic N) is 8. The van der Waals surface area contributed by atoms with Crippen LogP contribution in [0.5, 0.6) is 0 Å². The highest BCUT2D eigenvalue weighted by atomic mass is 16.5. The largest absolute Gasteiger partial charge is 0.381 e. The third-order valence-electron chi connectivity index (χ3n) is 11.5. The van der Waals surface area contributed by atoms with E-state index in [0.717, 1.165) is 96.8 Å². The first-order valence-electron chi connectivity index (χ1n) is 22.6. The van der Waals surface area contributed by atoms with E-state index in [4.69, 9.17) is 35.1 Å². The van der Waals surface area contributed by atoms with Gasteiger partial charge in [-0.15, -0.1) is 0 Å². The minimum Gasteiger partial charge on any atom is -0.381 e. The molecule has 0 radical (unpaired) electrons. The monoisotopic (exact) mass is 874 g/mol.